The second-order valence-electron chi connectivity index (χ2n) is 5.15. The van der Waals surface area contributed by atoms with E-state index >= 15 is 0 Å². The number of carbonyl (C=O) groups is 2. The van der Waals surface area contributed by atoms with E-state index in [2.05, 4.69) is 10.3 Å². The Kier molecular flexibility index (Phi) is 4.45. The van der Waals surface area contributed by atoms with Gasteiger partial charge in [-0.15, -0.1) is 11.3 Å². The van der Waals surface area contributed by atoms with Crippen molar-refractivity contribution in [3.8, 4) is 0 Å². The molecule has 0 aliphatic rings. The first kappa shape index (κ1) is 14.6. The maximum absolute atomic E-state index is 11.7. The average molecular weight is 270 g/mol. The third-order valence-electron chi connectivity index (χ3n) is 2.54. The summed E-state index contributed by atoms with van der Waals surface area (Å²) in [6.07, 6.45) is -0.0705. The third-order valence-corrected chi connectivity index (χ3v) is 3.32. The van der Waals surface area contributed by atoms with Crippen molar-refractivity contribution in [2.24, 2.45) is 5.41 Å². The molecule has 0 unspecified atom stereocenters. The van der Waals surface area contributed by atoms with Crippen LogP contribution in [0.15, 0.2) is 5.38 Å². The summed E-state index contributed by atoms with van der Waals surface area (Å²) in [6.45, 7) is 7.09. The molecule has 0 saturated heterocycles. The molecule has 0 aliphatic heterocycles. The Morgan fingerprint density at radius 2 is 2.11 bits per heavy atom. The highest BCUT2D eigenvalue weighted by Crippen LogP contribution is 2.24. The minimum absolute atomic E-state index is 0.0705. The zero-order valence-electron chi connectivity index (χ0n) is 11.0. The summed E-state index contributed by atoms with van der Waals surface area (Å²) in [6, 6.07) is 0. The van der Waals surface area contributed by atoms with Crippen LogP contribution in [-0.4, -0.2) is 22.0 Å². The Morgan fingerprint density at radius 1 is 1.50 bits per heavy atom. The van der Waals surface area contributed by atoms with Gasteiger partial charge in [0.1, 0.15) is 0 Å². The lowest BCUT2D eigenvalue weighted by molar-refractivity contribution is -0.148. The molecule has 1 heterocycles. The average Bonchev–Trinajstić information content (AvgIpc) is 2.64. The van der Waals surface area contributed by atoms with Crippen molar-refractivity contribution >= 4 is 28.3 Å². The summed E-state index contributed by atoms with van der Waals surface area (Å²) < 4.78 is 0. The van der Waals surface area contributed by atoms with Crippen molar-refractivity contribution in [3.05, 3.63) is 11.1 Å². The van der Waals surface area contributed by atoms with Crippen LogP contribution in [0.2, 0.25) is 0 Å². The molecule has 0 bridgehead atoms. The van der Waals surface area contributed by atoms with Crippen LogP contribution in [0, 0.1) is 5.41 Å². The number of aliphatic carboxylic acids is 1. The third kappa shape index (κ3) is 3.80. The van der Waals surface area contributed by atoms with E-state index in [-0.39, 0.29) is 12.3 Å². The van der Waals surface area contributed by atoms with Gasteiger partial charge in [-0.2, -0.15) is 0 Å². The van der Waals surface area contributed by atoms with Gasteiger partial charge in [-0.1, -0.05) is 13.8 Å². The van der Waals surface area contributed by atoms with Gasteiger partial charge in [-0.25, -0.2) is 4.98 Å². The molecule has 0 aromatic carbocycles. The fraction of sp³-hybridized carbons (Fsp3) is 0.583. The molecule has 1 amide bonds. The number of hydrogen-bond acceptors (Lipinski definition) is 4. The van der Waals surface area contributed by atoms with Crippen LogP contribution in [0.4, 0.5) is 5.13 Å². The SMILES string of the molecule is CC(C)c1csc(NC(=O)CC(C)(C)C(=O)O)n1. The number of carboxylic acid groups (broad SMARTS) is 1. The number of nitrogens with zero attached hydrogens (tertiary/aromatic N) is 1. The Bertz CT molecular complexity index is 452. The molecule has 6 heteroatoms. The number of carboxylic acids is 1. The van der Waals surface area contributed by atoms with E-state index in [0.717, 1.165) is 5.69 Å². The van der Waals surface area contributed by atoms with E-state index < -0.39 is 11.4 Å². The molecule has 0 aliphatic carbocycles. The number of carbonyl (C=O) groups excluding carboxylic acids is 1. The van der Waals surface area contributed by atoms with Crippen LogP contribution in [0.5, 0.6) is 0 Å². The van der Waals surface area contributed by atoms with Crippen molar-refractivity contribution in [2.75, 3.05) is 5.32 Å². The van der Waals surface area contributed by atoms with Gasteiger partial charge in [-0.05, 0) is 19.8 Å². The molecule has 2 N–H and O–H groups in total. The highest BCUT2D eigenvalue weighted by atomic mass is 32.1. The predicted octanol–water partition coefficient (Wildman–Crippen LogP) is 2.71. The highest BCUT2D eigenvalue weighted by Gasteiger charge is 2.30. The van der Waals surface area contributed by atoms with Crippen LogP contribution >= 0.6 is 11.3 Å². The highest BCUT2D eigenvalue weighted by molar-refractivity contribution is 7.13. The van der Waals surface area contributed by atoms with Crippen molar-refractivity contribution in [2.45, 2.75) is 40.0 Å². The first-order valence-corrected chi connectivity index (χ1v) is 6.59. The molecule has 100 valence electrons. The van der Waals surface area contributed by atoms with Gasteiger partial charge < -0.3 is 10.4 Å². The second-order valence-corrected chi connectivity index (χ2v) is 6.00. The Morgan fingerprint density at radius 3 is 2.56 bits per heavy atom. The molecule has 1 aromatic rings. The van der Waals surface area contributed by atoms with Gasteiger partial charge in [0, 0.05) is 11.8 Å². The first-order valence-electron chi connectivity index (χ1n) is 5.71. The lowest BCUT2D eigenvalue weighted by atomic mass is 9.89. The quantitative estimate of drug-likeness (QED) is 0.862. The molecule has 5 nitrogen and oxygen atoms in total. The largest absolute Gasteiger partial charge is 0.481 e. The van der Waals surface area contributed by atoms with Crippen LogP contribution in [0.1, 0.15) is 45.7 Å². The van der Waals surface area contributed by atoms with Gasteiger partial charge in [0.2, 0.25) is 5.91 Å². The first-order chi connectivity index (χ1) is 8.22. The van der Waals surface area contributed by atoms with Crippen molar-refractivity contribution < 1.29 is 14.7 Å². The lowest BCUT2D eigenvalue weighted by Crippen LogP contribution is -2.29. The minimum Gasteiger partial charge on any atom is -0.481 e. The number of rotatable bonds is 5. The Labute approximate surface area is 110 Å². The number of aromatic nitrogens is 1. The zero-order chi connectivity index (χ0) is 13.9. The van der Waals surface area contributed by atoms with E-state index in [0.29, 0.717) is 11.0 Å². The molecule has 0 spiro atoms. The topological polar surface area (TPSA) is 79.3 Å². The summed E-state index contributed by atoms with van der Waals surface area (Å²) >= 11 is 1.35. The van der Waals surface area contributed by atoms with Gasteiger partial charge in [0.25, 0.3) is 0 Å². The van der Waals surface area contributed by atoms with Crippen LogP contribution < -0.4 is 5.32 Å². The summed E-state index contributed by atoms with van der Waals surface area (Å²) in [7, 11) is 0. The van der Waals surface area contributed by atoms with E-state index in [4.69, 9.17) is 5.11 Å². The lowest BCUT2D eigenvalue weighted by Gasteiger charge is -2.17. The minimum atomic E-state index is -1.07. The molecule has 18 heavy (non-hydrogen) atoms. The van der Waals surface area contributed by atoms with Crippen molar-refractivity contribution in [1.82, 2.24) is 4.98 Å². The molecule has 0 fully saturated rings. The molecule has 0 radical (unpaired) electrons. The molecule has 0 atom stereocenters. The Hall–Kier alpha value is -1.43. The summed E-state index contributed by atoms with van der Waals surface area (Å²) in [4.78, 5) is 26.9. The van der Waals surface area contributed by atoms with Crippen LogP contribution in [0.3, 0.4) is 0 Å². The van der Waals surface area contributed by atoms with Gasteiger partial charge in [0.05, 0.1) is 11.1 Å². The number of amides is 1. The number of thiazole rings is 1. The molecule has 1 aromatic heterocycles. The summed E-state index contributed by atoms with van der Waals surface area (Å²) in [5.41, 5.74) is -0.143. The van der Waals surface area contributed by atoms with Gasteiger partial charge in [-0.3, -0.25) is 9.59 Å². The smallest absolute Gasteiger partial charge is 0.309 e. The van der Waals surface area contributed by atoms with Crippen LogP contribution in [-0.2, 0) is 9.59 Å². The predicted molar refractivity (Wildman–Crippen MR) is 70.9 cm³/mol. The normalized spacial score (nSPS) is 11.6. The van der Waals surface area contributed by atoms with E-state index in [1.165, 1.54) is 25.2 Å². The fourth-order valence-corrected chi connectivity index (χ4v) is 2.14. The molecular formula is C12H18N2O3S. The van der Waals surface area contributed by atoms with Gasteiger partial charge in [0.15, 0.2) is 5.13 Å². The zero-order valence-corrected chi connectivity index (χ0v) is 11.8. The van der Waals surface area contributed by atoms with Gasteiger partial charge >= 0.3 is 5.97 Å². The van der Waals surface area contributed by atoms with E-state index in [1.807, 2.05) is 19.2 Å². The maximum atomic E-state index is 11.7. The van der Waals surface area contributed by atoms with Crippen molar-refractivity contribution in [1.29, 1.82) is 0 Å². The molecule has 1 rings (SSSR count). The molecule has 0 saturated carbocycles. The van der Waals surface area contributed by atoms with E-state index in [1.54, 1.807) is 0 Å². The Balaban J connectivity index is 2.62. The fourth-order valence-electron chi connectivity index (χ4n) is 1.25. The monoisotopic (exact) mass is 270 g/mol. The number of hydrogen-bond donors (Lipinski definition) is 2. The van der Waals surface area contributed by atoms with Crippen molar-refractivity contribution in [3.63, 3.8) is 0 Å². The number of anilines is 1. The number of nitrogens with one attached hydrogen (secondary N) is 1. The molecular weight excluding hydrogens is 252 g/mol. The maximum Gasteiger partial charge on any atom is 0.309 e. The summed E-state index contributed by atoms with van der Waals surface area (Å²) in [5.74, 6) is -1.01. The van der Waals surface area contributed by atoms with E-state index in [9.17, 15) is 9.59 Å². The summed E-state index contributed by atoms with van der Waals surface area (Å²) in [5, 5.41) is 14.0. The standard InChI is InChI=1S/C12H18N2O3S/c1-7(2)8-6-18-11(13-8)14-9(15)5-12(3,4)10(16)17/h6-7H,5H2,1-4H3,(H,16,17)(H,13,14,15). The van der Waals surface area contributed by atoms with Crippen LogP contribution in [0.25, 0.3) is 0 Å². The second kappa shape index (κ2) is 5.48.